The quantitative estimate of drug-likeness (QED) is 0.518. The number of benzene rings is 1. The number of hydrogen-bond acceptors (Lipinski definition) is 5. The molecule has 0 spiro atoms. The fourth-order valence-electron chi connectivity index (χ4n) is 2.30. The van der Waals surface area contributed by atoms with Gasteiger partial charge in [0.15, 0.2) is 0 Å². The summed E-state index contributed by atoms with van der Waals surface area (Å²) in [4.78, 5) is 12.1. The number of nitrogens with two attached hydrogens (primary N) is 1. The van der Waals surface area contributed by atoms with Crippen LogP contribution in [0.25, 0.3) is 0 Å². The minimum absolute atomic E-state index is 0. The number of anilines is 2. The molecule has 26 heavy (non-hydrogen) atoms. The van der Waals surface area contributed by atoms with E-state index in [1.807, 2.05) is 0 Å². The van der Waals surface area contributed by atoms with Crippen LogP contribution in [0.3, 0.4) is 0 Å². The molecule has 0 aliphatic carbocycles. The van der Waals surface area contributed by atoms with Crippen LogP contribution in [0.2, 0.25) is 0 Å². The molecule has 0 radical (unpaired) electrons. The van der Waals surface area contributed by atoms with Gasteiger partial charge in [-0.25, -0.2) is 8.42 Å². The molecule has 4 N–H and O–H groups in total. The van der Waals surface area contributed by atoms with Gasteiger partial charge in [-0.15, -0.1) is 12.4 Å². The molecular formula is C17H31ClN4O3S. The first-order chi connectivity index (χ1) is 11.8. The Morgan fingerprint density at radius 1 is 1.19 bits per heavy atom. The van der Waals surface area contributed by atoms with Gasteiger partial charge in [-0.3, -0.25) is 4.79 Å². The van der Waals surface area contributed by atoms with Crippen molar-refractivity contribution >= 4 is 39.7 Å². The zero-order valence-electron chi connectivity index (χ0n) is 15.9. The van der Waals surface area contributed by atoms with E-state index in [4.69, 9.17) is 5.73 Å². The first-order valence-electron chi connectivity index (χ1n) is 8.72. The van der Waals surface area contributed by atoms with Gasteiger partial charge in [0.2, 0.25) is 15.9 Å². The van der Waals surface area contributed by atoms with E-state index < -0.39 is 16.1 Å². The highest BCUT2D eigenvalue weighted by molar-refractivity contribution is 7.89. The molecule has 9 heteroatoms. The number of hydrogen-bond donors (Lipinski definition) is 3. The van der Waals surface area contributed by atoms with Gasteiger partial charge in [0, 0.05) is 19.6 Å². The Kier molecular flexibility index (Phi) is 10.8. The Morgan fingerprint density at radius 2 is 1.81 bits per heavy atom. The Balaban J connectivity index is 0.00000625. The van der Waals surface area contributed by atoms with Crippen molar-refractivity contribution in [2.75, 3.05) is 30.3 Å². The number of nitrogens with one attached hydrogen (secondary N) is 2. The van der Waals surface area contributed by atoms with Crippen molar-refractivity contribution in [1.29, 1.82) is 0 Å². The van der Waals surface area contributed by atoms with Crippen LogP contribution in [0.5, 0.6) is 0 Å². The van der Waals surface area contributed by atoms with Crippen molar-refractivity contribution in [2.45, 2.75) is 51.5 Å². The number of halogens is 1. The third-order valence-electron chi connectivity index (χ3n) is 3.85. The van der Waals surface area contributed by atoms with Crippen LogP contribution in [-0.2, 0) is 14.8 Å². The average Bonchev–Trinajstić information content (AvgIpc) is 2.56. The highest BCUT2D eigenvalue weighted by atomic mass is 35.5. The van der Waals surface area contributed by atoms with Gasteiger partial charge >= 0.3 is 0 Å². The topological polar surface area (TPSA) is 105 Å². The van der Waals surface area contributed by atoms with Gasteiger partial charge in [0.05, 0.1) is 22.3 Å². The molecule has 1 rings (SSSR count). The van der Waals surface area contributed by atoms with Crippen molar-refractivity contribution in [2.24, 2.45) is 5.73 Å². The molecule has 0 saturated carbocycles. The van der Waals surface area contributed by atoms with Gasteiger partial charge < -0.3 is 16.4 Å². The molecule has 0 aliphatic rings. The molecule has 1 aromatic rings. The SMILES string of the molecule is CCCCNc1ccc(S(=O)(=O)N(CC)CC)cc1NC(=O)[C@H](C)N.Cl. The molecule has 0 aliphatic heterocycles. The van der Waals surface area contributed by atoms with Crippen LogP contribution in [-0.4, -0.2) is 44.3 Å². The second-order valence-corrected chi connectivity index (χ2v) is 7.79. The first-order valence-corrected chi connectivity index (χ1v) is 10.2. The van der Waals surface area contributed by atoms with Gasteiger partial charge in [-0.1, -0.05) is 27.2 Å². The molecule has 7 nitrogen and oxygen atoms in total. The summed E-state index contributed by atoms with van der Waals surface area (Å²) in [5, 5.41) is 5.95. The summed E-state index contributed by atoms with van der Waals surface area (Å²) >= 11 is 0. The zero-order valence-corrected chi connectivity index (χ0v) is 17.5. The summed E-state index contributed by atoms with van der Waals surface area (Å²) in [6, 6.07) is 4.04. The number of amides is 1. The zero-order chi connectivity index (χ0) is 19.0. The van der Waals surface area contributed by atoms with E-state index in [0.29, 0.717) is 24.5 Å². The van der Waals surface area contributed by atoms with E-state index in [-0.39, 0.29) is 23.2 Å². The van der Waals surface area contributed by atoms with Gasteiger partial charge in [0.1, 0.15) is 0 Å². The van der Waals surface area contributed by atoms with Gasteiger partial charge in [-0.2, -0.15) is 4.31 Å². The minimum Gasteiger partial charge on any atom is -0.383 e. The second-order valence-electron chi connectivity index (χ2n) is 5.85. The van der Waals surface area contributed by atoms with Gasteiger partial charge in [0.25, 0.3) is 0 Å². The summed E-state index contributed by atoms with van der Waals surface area (Å²) in [5.41, 5.74) is 6.72. The summed E-state index contributed by atoms with van der Waals surface area (Å²) in [7, 11) is -3.60. The van der Waals surface area contributed by atoms with Crippen LogP contribution in [0.1, 0.15) is 40.5 Å². The predicted octanol–water partition coefficient (Wildman–Crippen LogP) is 2.64. The van der Waals surface area contributed by atoms with E-state index >= 15 is 0 Å². The monoisotopic (exact) mass is 406 g/mol. The van der Waals surface area contributed by atoms with Crippen LogP contribution in [0.4, 0.5) is 11.4 Å². The van der Waals surface area contributed by atoms with Crippen molar-refractivity contribution in [3.63, 3.8) is 0 Å². The van der Waals surface area contributed by atoms with Crippen molar-refractivity contribution < 1.29 is 13.2 Å². The number of rotatable bonds is 10. The van der Waals surface area contributed by atoms with Crippen LogP contribution in [0.15, 0.2) is 23.1 Å². The molecular weight excluding hydrogens is 376 g/mol. The minimum atomic E-state index is -3.60. The summed E-state index contributed by atoms with van der Waals surface area (Å²) < 4.78 is 26.8. The maximum absolute atomic E-state index is 12.7. The normalized spacial score (nSPS) is 12.4. The van der Waals surface area contributed by atoms with Crippen molar-refractivity contribution in [3.05, 3.63) is 18.2 Å². The van der Waals surface area contributed by atoms with E-state index in [2.05, 4.69) is 17.6 Å². The predicted molar refractivity (Wildman–Crippen MR) is 109 cm³/mol. The number of nitrogens with zero attached hydrogens (tertiary/aromatic N) is 1. The maximum atomic E-state index is 12.7. The van der Waals surface area contributed by atoms with Crippen molar-refractivity contribution in [3.8, 4) is 0 Å². The molecule has 1 atom stereocenters. The summed E-state index contributed by atoms with van der Waals surface area (Å²) in [6.07, 6.45) is 2.00. The molecule has 1 amide bonds. The van der Waals surface area contributed by atoms with E-state index in [0.717, 1.165) is 19.4 Å². The Labute approximate surface area is 163 Å². The second kappa shape index (κ2) is 11.4. The van der Waals surface area contributed by atoms with Crippen LogP contribution < -0.4 is 16.4 Å². The first kappa shape index (κ1) is 24.7. The lowest BCUT2D eigenvalue weighted by Crippen LogP contribution is -2.33. The smallest absolute Gasteiger partial charge is 0.243 e. The largest absolute Gasteiger partial charge is 0.383 e. The maximum Gasteiger partial charge on any atom is 0.243 e. The lowest BCUT2D eigenvalue weighted by Gasteiger charge is -2.20. The van der Waals surface area contributed by atoms with E-state index in [9.17, 15) is 13.2 Å². The highest BCUT2D eigenvalue weighted by Gasteiger charge is 2.23. The fraction of sp³-hybridized carbons (Fsp3) is 0.588. The molecule has 0 saturated heterocycles. The fourth-order valence-corrected chi connectivity index (χ4v) is 3.79. The standard InChI is InChI=1S/C17H30N4O3S.ClH/c1-5-8-11-19-15-10-9-14(25(23,24)21(6-2)7-3)12-16(15)20-17(22)13(4)18;/h9-10,12-13,19H,5-8,11,18H2,1-4H3,(H,20,22);1H/t13-;/m0./s1. The van der Waals surface area contributed by atoms with Gasteiger partial charge in [-0.05, 0) is 31.5 Å². The highest BCUT2D eigenvalue weighted by Crippen LogP contribution is 2.27. The third kappa shape index (κ3) is 6.42. The summed E-state index contributed by atoms with van der Waals surface area (Å²) in [5.74, 6) is -0.365. The van der Waals surface area contributed by atoms with E-state index in [1.165, 1.54) is 10.4 Å². The number of sulfonamides is 1. The number of carbonyl (C=O) groups is 1. The van der Waals surface area contributed by atoms with Crippen LogP contribution >= 0.6 is 12.4 Å². The van der Waals surface area contributed by atoms with Crippen molar-refractivity contribution in [1.82, 2.24) is 4.31 Å². The Bertz CT molecular complexity index is 677. The summed E-state index contributed by atoms with van der Waals surface area (Å²) in [6.45, 7) is 8.75. The number of carbonyl (C=O) groups excluding carboxylic acids is 1. The Hall–Kier alpha value is -1.35. The van der Waals surface area contributed by atoms with E-state index in [1.54, 1.807) is 32.9 Å². The molecule has 0 aromatic heterocycles. The number of unbranched alkanes of at least 4 members (excludes halogenated alkanes) is 1. The molecule has 0 bridgehead atoms. The molecule has 0 heterocycles. The Morgan fingerprint density at radius 3 is 2.31 bits per heavy atom. The average molecular weight is 407 g/mol. The third-order valence-corrected chi connectivity index (χ3v) is 5.90. The lowest BCUT2D eigenvalue weighted by molar-refractivity contribution is -0.117. The molecule has 1 aromatic carbocycles. The molecule has 0 unspecified atom stereocenters. The molecule has 150 valence electrons. The lowest BCUT2D eigenvalue weighted by atomic mass is 10.2. The molecule has 0 fully saturated rings. The van der Waals surface area contributed by atoms with Crippen LogP contribution in [0, 0.1) is 0 Å².